The number of carbonyl (C=O) groups excluding carboxylic acids is 1. The summed E-state index contributed by atoms with van der Waals surface area (Å²) in [6.07, 6.45) is 4.61. The van der Waals surface area contributed by atoms with Crippen molar-refractivity contribution in [1.29, 1.82) is 0 Å². The zero-order valence-electron chi connectivity index (χ0n) is 12.5. The molecule has 122 valence electrons. The van der Waals surface area contributed by atoms with Crippen molar-refractivity contribution in [1.82, 2.24) is 20.5 Å². The number of benzene rings is 1. The van der Waals surface area contributed by atoms with E-state index in [0.717, 1.165) is 0 Å². The van der Waals surface area contributed by atoms with E-state index < -0.39 is 11.8 Å². The van der Waals surface area contributed by atoms with Crippen molar-refractivity contribution in [3.63, 3.8) is 0 Å². The monoisotopic (exact) mass is 327 g/mol. The molecule has 8 heteroatoms. The van der Waals surface area contributed by atoms with Gasteiger partial charge in [-0.25, -0.2) is 14.2 Å². The average Bonchev–Trinajstić information content (AvgIpc) is 3.07. The number of anilines is 1. The first-order chi connectivity index (χ1) is 11.7. The van der Waals surface area contributed by atoms with Crippen LogP contribution in [0.15, 0.2) is 55.0 Å². The Kier molecular flexibility index (Phi) is 4.66. The topological polar surface area (TPSA) is 91.9 Å². The molecule has 0 spiro atoms. The third-order valence-corrected chi connectivity index (χ3v) is 3.06. The number of pyridine rings is 1. The number of aromatic nitrogens is 3. The molecule has 0 unspecified atom stereocenters. The zero-order chi connectivity index (χ0) is 16.8. The number of rotatable bonds is 5. The summed E-state index contributed by atoms with van der Waals surface area (Å²) in [5, 5.41) is 11.6. The number of amides is 2. The summed E-state index contributed by atoms with van der Waals surface area (Å²) in [6.45, 7) is 0.197. The van der Waals surface area contributed by atoms with Gasteiger partial charge >= 0.3 is 6.03 Å². The summed E-state index contributed by atoms with van der Waals surface area (Å²) < 4.78 is 18.8. The van der Waals surface area contributed by atoms with Crippen LogP contribution in [0.25, 0.3) is 0 Å². The van der Waals surface area contributed by atoms with Crippen LogP contribution in [0.5, 0.6) is 11.6 Å². The number of carbonyl (C=O) groups is 1. The molecule has 0 radical (unpaired) electrons. The molecule has 0 saturated carbocycles. The molecule has 2 amide bonds. The Morgan fingerprint density at radius 3 is 3.00 bits per heavy atom. The fourth-order valence-electron chi connectivity index (χ4n) is 1.96. The summed E-state index contributed by atoms with van der Waals surface area (Å²) in [7, 11) is 0. The predicted octanol–water partition coefficient (Wildman–Crippen LogP) is 3.06. The first kappa shape index (κ1) is 15.5. The van der Waals surface area contributed by atoms with E-state index in [-0.39, 0.29) is 6.54 Å². The van der Waals surface area contributed by atoms with Gasteiger partial charge in [0.1, 0.15) is 11.6 Å². The smallest absolute Gasteiger partial charge is 0.319 e. The fraction of sp³-hybridized carbons (Fsp3) is 0.0625. The van der Waals surface area contributed by atoms with E-state index in [9.17, 15) is 9.18 Å². The maximum atomic E-state index is 13.2. The number of hydrogen-bond acceptors (Lipinski definition) is 4. The number of halogens is 1. The van der Waals surface area contributed by atoms with Gasteiger partial charge in [0, 0.05) is 30.6 Å². The van der Waals surface area contributed by atoms with Gasteiger partial charge in [0.15, 0.2) is 0 Å². The minimum Gasteiger partial charge on any atom is -0.439 e. The molecule has 0 aliphatic rings. The summed E-state index contributed by atoms with van der Waals surface area (Å²) in [6, 6.07) is 8.86. The highest BCUT2D eigenvalue weighted by Gasteiger charge is 2.09. The van der Waals surface area contributed by atoms with Crippen molar-refractivity contribution in [2.45, 2.75) is 6.54 Å². The standard InChI is InChI=1S/C16H14FN5O2/c17-12-4-1-5-14(7-12)24-15-11(3-2-6-18-15)8-19-16(23)22-13-9-20-21-10-13/h1-7,9-10H,8H2,(H,20,21)(H2,19,22,23). The van der Waals surface area contributed by atoms with Crippen LogP contribution in [0.3, 0.4) is 0 Å². The van der Waals surface area contributed by atoms with Crippen molar-refractivity contribution >= 4 is 11.7 Å². The summed E-state index contributed by atoms with van der Waals surface area (Å²) >= 11 is 0. The van der Waals surface area contributed by atoms with Gasteiger partial charge in [-0.05, 0) is 18.2 Å². The Hall–Kier alpha value is -3.42. The van der Waals surface area contributed by atoms with E-state index in [0.29, 0.717) is 22.9 Å². The lowest BCUT2D eigenvalue weighted by molar-refractivity contribution is 0.251. The lowest BCUT2D eigenvalue weighted by Gasteiger charge is -2.11. The predicted molar refractivity (Wildman–Crippen MR) is 85.2 cm³/mol. The van der Waals surface area contributed by atoms with Crippen molar-refractivity contribution in [2.75, 3.05) is 5.32 Å². The molecule has 7 nitrogen and oxygen atoms in total. The van der Waals surface area contributed by atoms with E-state index in [4.69, 9.17) is 4.74 Å². The minimum atomic E-state index is -0.400. The summed E-state index contributed by atoms with van der Waals surface area (Å²) in [5.74, 6) is 0.229. The highest BCUT2D eigenvalue weighted by atomic mass is 19.1. The second kappa shape index (κ2) is 7.23. The summed E-state index contributed by atoms with van der Waals surface area (Å²) in [5.41, 5.74) is 1.21. The average molecular weight is 327 g/mol. The van der Waals surface area contributed by atoms with Gasteiger partial charge in [-0.15, -0.1) is 0 Å². The molecule has 3 N–H and O–H groups in total. The van der Waals surface area contributed by atoms with Gasteiger partial charge in [-0.1, -0.05) is 12.1 Å². The van der Waals surface area contributed by atoms with Crippen LogP contribution in [-0.4, -0.2) is 21.2 Å². The van der Waals surface area contributed by atoms with Crippen molar-refractivity contribution < 1.29 is 13.9 Å². The fourth-order valence-corrected chi connectivity index (χ4v) is 1.96. The molecule has 3 rings (SSSR count). The van der Waals surface area contributed by atoms with Crippen LogP contribution >= 0.6 is 0 Å². The first-order valence-corrected chi connectivity index (χ1v) is 7.11. The lowest BCUT2D eigenvalue weighted by Crippen LogP contribution is -2.28. The second-order valence-electron chi connectivity index (χ2n) is 4.82. The largest absolute Gasteiger partial charge is 0.439 e. The molecule has 0 atom stereocenters. The molecule has 0 bridgehead atoms. The Balaban J connectivity index is 1.64. The highest BCUT2D eigenvalue weighted by Crippen LogP contribution is 2.23. The molecule has 1 aromatic carbocycles. The van der Waals surface area contributed by atoms with Gasteiger partial charge in [-0.2, -0.15) is 5.10 Å². The number of ether oxygens (including phenoxy) is 1. The van der Waals surface area contributed by atoms with Crippen LogP contribution in [-0.2, 0) is 6.54 Å². The van der Waals surface area contributed by atoms with E-state index in [1.54, 1.807) is 36.7 Å². The quantitative estimate of drug-likeness (QED) is 0.671. The number of nitrogens with one attached hydrogen (secondary N) is 3. The van der Waals surface area contributed by atoms with Gasteiger partial charge in [0.25, 0.3) is 0 Å². The Labute approximate surface area is 136 Å². The van der Waals surface area contributed by atoms with Gasteiger partial charge < -0.3 is 15.4 Å². The Bertz CT molecular complexity index is 823. The van der Waals surface area contributed by atoms with Gasteiger partial charge in [-0.3, -0.25) is 5.10 Å². The van der Waals surface area contributed by atoms with E-state index in [2.05, 4.69) is 25.8 Å². The first-order valence-electron chi connectivity index (χ1n) is 7.11. The molecule has 2 aromatic heterocycles. The van der Waals surface area contributed by atoms with Crippen LogP contribution < -0.4 is 15.4 Å². The van der Waals surface area contributed by atoms with Gasteiger partial charge in [0.05, 0.1) is 11.9 Å². The lowest BCUT2D eigenvalue weighted by atomic mass is 10.2. The minimum absolute atomic E-state index is 0.197. The molecule has 0 fully saturated rings. The number of nitrogens with zero attached hydrogens (tertiary/aromatic N) is 2. The molecule has 2 heterocycles. The number of aromatic amines is 1. The molecule has 3 aromatic rings. The number of urea groups is 1. The summed E-state index contributed by atoms with van der Waals surface area (Å²) in [4.78, 5) is 15.9. The zero-order valence-corrected chi connectivity index (χ0v) is 12.5. The van der Waals surface area contributed by atoms with Gasteiger partial charge in [0.2, 0.25) is 5.88 Å². The number of hydrogen-bond donors (Lipinski definition) is 3. The molecule has 0 aliphatic carbocycles. The maximum Gasteiger partial charge on any atom is 0.319 e. The van der Waals surface area contributed by atoms with Crippen LogP contribution in [0.1, 0.15) is 5.56 Å². The normalized spacial score (nSPS) is 10.2. The van der Waals surface area contributed by atoms with Crippen molar-refractivity contribution in [2.24, 2.45) is 0 Å². The van der Waals surface area contributed by atoms with Crippen LogP contribution in [0, 0.1) is 5.82 Å². The van der Waals surface area contributed by atoms with Crippen molar-refractivity contribution in [3.05, 3.63) is 66.4 Å². The molecular weight excluding hydrogens is 313 g/mol. The molecule has 24 heavy (non-hydrogen) atoms. The third kappa shape index (κ3) is 4.07. The molecule has 0 saturated heterocycles. The molecule has 0 aliphatic heterocycles. The van der Waals surface area contributed by atoms with Crippen molar-refractivity contribution in [3.8, 4) is 11.6 Å². The van der Waals surface area contributed by atoms with Crippen LogP contribution in [0.2, 0.25) is 0 Å². The highest BCUT2D eigenvalue weighted by molar-refractivity contribution is 5.88. The Morgan fingerprint density at radius 2 is 2.21 bits per heavy atom. The molecular formula is C16H14FN5O2. The SMILES string of the molecule is O=C(NCc1cccnc1Oc1cccc(F)c1)Nc1cn[nH]c1. The second-order valence-corrected chi connectivity index (χ2v) is 4.82. The van der Waals surface area contributed by atoms with E-state index in [1.807, 2.05) is 0 Å². The van der Waals surface area contributed by atoms with E-state index >= 15 is 0 Å². The Morgan fingerprint density at radius 1 is 1.29 bits per heavy atom. The maximum absolute atomic E-state index is 13.2. The van der Waals surface area contributed by atoms with E-state index in [1.165, 1.54) is 18.3 Å². The third-order valence-electron chi connectivity index (χ3n) is 3.06. The van der Waals surface area contributed by atoms with Crippen LogP contribution in [0.4, 0.5) is 14.9 Å². The number of H-pyrrole nitrogens is 1.